The zero-order valence-electron chi connectivity index (χ0n) is 62.8. The molecular weight excluding hydrogens is 1310 g/mol. The summed E-state index contributed by atoms with van der Waals surface area (Å²) in [5, 5.41) is 10.6. The lowest BCUT2D eigenvalue weighted by Gasteiger charge is -2.21. The van der Waals surface area contributed by atoms with Gasteiger partial charge in [-0.1, -0.05) is 317 Å². The van der Waals surface area contributed by atoms with Crippen molar-refractivity contribution >= 4 is 39.5 Å². The number of phosphoric acid groups is 2. The maximum atomic E-state index is 13.1. The summed E-state index contributed by atoms with van der Waals surface area (Å²) >= 11 is 0. The lowest BCUT2D eigenvalue weighted by molar-refractivity contribution is -0.161. The van der Waals surface area contributed by atoms with Crippen LogP contribution in [0.1, 0.15) is 323 Å². The molecule has 0 heterocycles. The van der Waals surface area contributed by atoms with E-state index in [0.29, 0.717) is 25.7 Å². The van der Waals surface area contributed by atoms with Gasteiger partial charge in [-0.05, 0) is 89.9 Å². The van der Waals surface area contributed by atoms with Crippen LogP contribution in [0.15, 0.2) is 109 Å². The molecule has 0 aliphatic heterocycles. The summed E-state index contributed by atoms with van der Waals surface area (Å²) in [5.74, 6) is -2.33. The van der Waals surface area contributed by atoms with Crippen molar-refractivity contribution in [3.63, 3.8) is 0 Å². The predicted octanol–water partition coefficient (Wildman–Crippen LogP) is 22.6. The summed E-state index contributed by atoms with van der Waals surface area (Å²) in [4.78, 5) is 72.9. The van der Waals surface area contributed by atoms with Crippen LogP contribution in [0, 0.1) is 0 Å². The lowest BCUT2D eigenvalue weighted by atomic mass is 10.0. The fraction of sp³-hybridized carbons (Fsp3) is 0.728. The number of carbonyl (C=O) groups excluding carboxylic acids is 4. The van der Waals surface area contributed by atoms with Crippen LogP contribution in [-0.2, 0) is 65.4 Å². The number of unbranched alkanes of at least 4 members (excludes halogenated alkanes) is 30. The molecule has 3 N–H and O–H groups in total. The smallest absolute Gasteiger partial charge is 0.462 e. The van der Waals surface area contributed by atoms with Crippen molar-refractivity contribution in [3.05, 3.63) is 109 Å². The summed E-state index contributed by atoms with van der Waals surface area (Å²) < 4.78 is 68.4. The summed E-state index contributed by atoms with van der Waals surface area (Å²) in [6.45, 7) is 4.54. The molecular formula is C81H140O17P2. The van der Waals surface area contributed by atoms with Crippen molar-refractivity contribution in [2.75, 3.05) is 39.6 Å². The Kier molecular flexibility index (Phi) is 69.9. The number of rotatable bonds is 73. The van der Waals surface area contributed by atoms with E-state index >= 15 is 0 Å². The van der Waals surface area contributed by atoms with Gasteiger partial charge < -0.3 is 33.8 Å². The van der Waals surface area contributed by atoms with Crippen LogP contribution in [0.25, 0.3) is 0 Å². The van der Waals surface area contributed by atoms with Crippen molar-refractivity contribution in [2.24, 2.45) is 0 Å². The van der Waals surface area contributed by atoms with E-state index < -0.39 is 97.5 Å². The molecule has 5 unspecified atom stereocenters. The fourth-order valence-electron chi connectivity index (χ4n) is 10.4. The van der Waals surface area contributed by atoms with Gasteiger partial charge in [0, 0.05) is 19.3 Å². The van der Waals surface area contributed by atoms with Crippen LogP contribution in [0.5, 0.6) is 0 Å². The molecule has 0 aromatic carbocycles. The highest BCUT2D eigenvalue weighted by molar-refractivity contribution is 7.47. The van der Waals surface area contributed by atoms with Gasteiger partial charge in [-0.3, -0.25) is 37.3 Å². The molecule has 0 amide bonds. The van der Waals surface area contributed by atoms with E-state index in [2.05, 4.69) is 113 Å². The van der Waals surface area contributed by atoms with Crippen LogP contribution in [0.4, 0.5) is 0 Å². The molecule has 0 aliphatic carbocycles. The Bertz CT molecular complexity index is 2320. The van der Waals surface area contributed by atoms with Crippen LogP contribution in [-0.4, -0.2) is 96.7 Å². The average Bonchev–Trinajstić information content (AvgIpc) is 0.937. The lowest BCUT2D eigenvalue weighted by Crippen LogP contribution is -2.30. The molecule has 5 atom stereocenters. The maximum Gasteiger partial charge on any atom is 0.472 e. The van der Waals surface area contributed by atoms with Gasteiger partial charge in [0.15, 0.2) is 12.2 Å². The van der Waals surface area contributed by atoms with Gasteiger partial charge in [0.05, 0.1) is 32.8 Å². The molecule has 0 spiro atoms. The highest BCUT2D eigenvalue weighted by Crippen LogP contribution is 2.45. The fourth-order valence-corrected chi connectivity index (χ4v) is 12.0. The molecule has 100 heavy (non-hydrogen) atoms. The minimum absolute atomic E-state index is 0.0694. The second kappa shape index (κ2) is 73.0. The van der Waals surface area contributed by atoms with E-state index in [1.807, 2.05) is 18.2 Å². The van der Waals surface area contributed by atoms with Crippen molar-refractivity contribution in [1.29, 1.82) is 0 Å². The second-order valence-corrected chi connectivity index (χ2v) is 28.8. The third-order valence-corrected chi connectivity index (χ3v) is 18.2. The molecule has 0 bridgehead atoms. The topological polar surface area (TPSA) is 237 Å². The van der Waals surface area contributed by atoms with Crippen molar-refractivity contribution in [1.82, 2.24) is 0 Å². The monoisotopic (exact) mass is 1450 g/mol. The Morgan fingerprint density at radius 3 is 0.890 bits per heavy atom. The van der Waals surface area contributed by atoms with Gasteiger partial charge in [-0.2, -0.15) is 0 Å². The highest BCUT2D eigenvalue weighted by Gasteiger charge is 2.30. The minimum Gasteiger partial charge on any atom is -0.462 e. The first-order valence-corrected chi connectivity index (χ1v) is 42.1. The first-order chi connectivity index (χ1) is 48.7. The molecule has 0 aromatic heterocycles. The van der Waals surface area contributed by atoms with Gasteiger partial charge in [-0.15, -0.1) is 0 Å². The van der Waals surface area contributed by atoms with E-state index in [-0.39, 0.29) is 25.7 Å². The van der Waals surface area contributed by atoms with Crippen LogP contribution >= 0.6 is 15.6 Å². The van der Waals surface area contributed by atoms with Gasteiger partial charge >= 0.3 is 39.5 Å². The van der Waals surface area contributed by atoms with Crippen LogP contribution < -0.4 is 0 Å². The quantitative estimate of drug-likeness (QED) is 0.0169. The normalized spacial score (nSPS) is 14.5. The third-order valence-electron chi connectivity index (χ3n) is 16.3. The van der Waals surface area contributed by atoms with Gasteiger partial charge in [0.2, 0.25) is 0 Å². The van der Waals surface area contributed by atoms with Crippen molar-refractivity contribution in [3.8, 4) is 0 Å². The summed E-state index contributed by atoms with van der Waals surface area (Å²) in [7, 11) is -9.98. The number of aliphatic hydroxyl groups excluding tert-OH is 1. The summed E-state index contributed by atoms with van der Waals surface area (Å²) in [6, 6.07) is 0. The number of hydrogen-bond acceptors (Lipinski definition) is 15. The van der Waals surface area contributed by atoms with Crippen molar-refractivity contribution < 1.29 is 80.2 Å². The van der Waals surface area contributed by atoms with E-state index in [1.165, 1.54) is 116 Å². The van der Waals surface area contributed by atoms with Gasteiger partial charge in [-0.25, -0.2) is 9.13 Å². The maximum absolute atomic E-state index is 13.1. The Morgan fingerprint density at radius 1 is 0.300 bits per heavy atom. The third kappa shape index (κ3) is 72.1. The standard InChI is InChI=1S/C81H140O17P2/c1-5-9-13-17-21-25-29-33-36-37-40-43-46-50-54-58-62-66-79(84)92-72-77(98-81(86)68-64-60-56-52-48-44-39-35-31-27-23-19-15-11-7-3)74-96-100(89,90)94-70-75(82)69-93-99(87,88)95-73-76(97-80(85)67-63-59-55-51-47-41-32-28-24-20-16-12-8-4)71-91-78(83)65-61-57-53-49-45-42-38-34-30-26-22-18-14-10-6-2/h9-10,13-14,21-22,25-26,33-34,36,38,40,43,45,49,57,61,75-77,82H,5-8,11-12,15-20,23-24,27-32,35,37,39,41-42,44,46-48,50-56,58-60,62-74H2,1-4H3,(H,87,88)(H,89,90)/b13-9-,14-10-,25-21-,26-22-,36-33-,38-34-,43-40-,49-45-,61-57-. The molecule has 0 aliphatic rings. The van der Waals surface area contributed by atoms with Crippen LogP contribution in [0.2, 0.25) is 0 Å². The number of aliphatic hydroxyl groups is 1. The molecule has 0 fully saturated rings. The average molecular weight is 1450 g/mol. The molecule has 17 nitrogen and oxygen atoms in total. The first-order valence-electron chi connectivity index (χ1n) is 39.1. The number of phosphoric ester groups is 2. The molecule has 0 saturated heterocycles. The zero-order chi connectivity index (χ0) is 73.2. The number of esters is 4. The molecule has 0 radical (unpaired) electrons. The van der Waals surface area contributed by atoms with E-state index in [9.17, 15) is 43.2 Å². The van der Waals surface area contributed by atoms with E-state index in [4.69, 9.17) is 37.0 Å². The Hall–Kier alpha value is -4.28. The molecule has 19 heteroatoms. The number of carbonyl (C=O) groups is 4. The largest absolute Gasteiger partial charge is 0.472 e. The molecule has 0 aromatic rings. The number of ether oxygens (including phenoxy) is 4. The Balaban J connectivity index is 5.41. The van der Waals surface area contributed by atoms with Crippen LogP contribution in [0.3, 0.4) is 0 Å². The Morgan fingerprint density at radius 2 is 0.560 bits per heavy atom. The first kappa shape index (κ1) is 95.7. The molecule has 576 valence electrons. The zero-order valence-corrected chi connectivity index (χ0v) is 64.6. The molecule has 0 rings (SSSR count). The number of allylic oxidation sites excluding steroid dienone is 17. The van der Waals surface area contributed by atoms with E-state index in [1.54, 1.807) is 6.08 Å². The van der Waals surface area contributed by atoms with Gasteiger partial charge in [0.1, 0.15) is 19.3 Å². The second-order valence-electron chi connectivity index (χ2n) is 25.9. The minimum atomic E-state index is -4.99. The van der Waals surface area contributed by atoms with Crippen molar-refractivity contribution in [2.45, 2.75) is 341 Å². The number of hydrogen-bond donors (Lipinski definition) is 3. The summed E-state index contributed by atoms with van der Waals surface area (Å²) in [5.41, 5.74) is 0. The van der Waals surface area contributed by atoms with Gasteiger partial charge in [0.25, 0.3) is 0 Å². The predicted molar refractivity (Wildman–Crippen MR) is 408 cm³/mol. The molecule has 0 saturated carbocycles. The highest BCUT2D eigenvalue weighted by atomic mass is 31.2. The summed E-state index contributed by atoms with van der Waals surface area (Å²) in [6.07, 6.45) is 78.2. The Labute approximate surface area is 607 Å². The van der Waals surface area contributed by atoms with E-state index in [0.717, 1.165) is 128 Å². The SMILES string of the molecule is CC/C=C\C/C=C\C/C=C\C/C=C\C/C=C\CC(=O)OCC(COP(=O)(O)OCC(O)COP(=O)(O)OCC(COC(=O)CCCCCC/C=C\C/C=C\C/C=C\C/C=C\CC)OC(=O)CCCCCCCCCCCCCCCCC)OC(=O)CCCCCCCCCCCCCCC.